The van der Waals surface area contributed by atoms with Gasteiger partial charge in [0.25, 0.3) is 10.0 Å². The molecule has 0 aliphatic rings. The van der Waals surface area contributed by atoms with E-state index in [-0.39, 0.29) is 23.0 Å². The lowest BCUT2D eigenvalue weighted by Crippen LogP contribution is -2.52. The molecular formula is C27H29Cl2N3O4S. The van der Waals surface area contributed by atoms with Crippen molar-refractivity contribution < 1.29 is 18.0 Å². The van der Waals surface area contributed by atoms with Crippen LogP contribution in [0.4, 0.5) is 5.69 Å². The van der Waals surface area contributed by atoms with Gasteiger partial charge in [-0.2, -0.15) is 0 Å². The van der Waals surface area contributed by atoms with Crippen molar-refractivity contribution in [3.05, 3.63) is 94.5 Å². The zero-order valence-corrected chi connectivity index (χ0v) is 22.9. The zero-order chi connectivity index (χ0) is 27.0. The minimum atomic E-state index is -4.11. The summed E-state index contributed by atoms with van der Waals surface area (Å²) in [6.07, 6.45) is 0.345. The number of nitrogens with one attached hydrogen (secondary N) is 1. The lowest BCUT2D eigenvalue weighted by Gasteiger charge is -2.33. The molecule has 196 valence electrons. The second kappa shape index (κ2) is 12.9. The van der Waals surface area contributed by atoms with Crippen molar-refractivity contribution >= 4 is 50.7 Å². The summed E-state index contributed by atoms with van der Waals surface area (Å²) < 4.78 is 28.4. The second-order valence-electron chi connectivity index (χ2n) is 8.27. The summed E-state index contributed by atoms with van der Waals surface area (Å²) in [7, 11) is -4.11. The fourth-order valence-electron chi connectivity index (χ4n) is 3.85. The Morgan fingerprint density at radius 3 is 1.97 bits per heavy atom. The number of amides is 2. The van der Waals surface area contributed by atoms with Crippen LogP contribution in [0.25, 0.3) is 0 Å². The molecule has 0 saturated carbocycles. The standard InChI is InChI=1S/C27H29Cl2N3O4S/c1-3-25(27(34)30-4-2)31(18-20-10-12-21(28)13-11-20)26(33)19-32(23-16-14-22(29)15-17-23)37(35,36)24-8-6-5-7-9-24/h5-17,25H,3-4,18-19H2,1-2H3,(H,30,34)/t25-/m1/s1. The van der Waals surface area contributed by atoms with Gasteiger partial charge < -0.3 is 10.2 Å². The molecule has 2 amide bonds. The number of carbonyl (C=O) groups excluding carboxylic acids is 2. The fourth-order valence-corrected chi connectivity index (χ4v) is 5.54. The molecule has 3 aromatic rings. The van der Waals surface area contributed by atoms with Crippen LogP contribution in [-0.4, -0.2) is 44.3 Å². The van der Waals surface area contributed by atoms with Crippen LogP contribution >= 0.6 is 23.2 Å². The van der Waals surface area contributed by atoms with E-state index in [1.165, 1.54) is 17.0 Å². The number of anilines is 1. The first kappa shape index (κ1) is 28.5. The number of rotatable bonds is 11. The number of likely N-dealkylation sites (N-methyl/N-ethyl adjacent to an activating group) is 1. The van der Waals surface area contributed by atoms with Gasteiger partial charge in [-0.05, 0) is 67.4 Å². The Bertz CT molecular complexity index is 1300. The van der Waals surface area contributed by atoms with Crippen molar-refractivity contribution in [1.29, 1.82) is 0 Å². The zero-order valence-electron chi connectivity index (χ0n) is 20.6. The molecule has 0 saturated heterocycles. The summed E-state index contributed by atoms with van der Waals surface area (Å²) in [5.41, 5.74) is 1.03. The summed E-state index contributed by atoms with van der Waals surface area (Å²) in [5, 5.41) is 3.74. The minimum absolute atomic E-state index is 0.0396. The third-order valence-corrected chi connectivity index (χ3v) is 8.02. The van der Waals surface area contributed by atoms with Crippen molar-refractivity contribution in [2.75, 3.05) is 17.4 Å². The van der Waals surface area contributed by atoms with Crippen molar-refractivity contribution in [2.45, 2.75) is 37.8 Å². The van der Waals surface area contributed by atoms with Gasteiger partial charge in [-0.25, -0.2) is 8.42 Å². The number of nitrogens with zero attached hydrogens (tertiary/aromatic N) is 2. The fraction of sp³-hybridized carbons (Fsp3) is 0.259. The molecule has 0 spiro atoms. The first-order valence-electron chi connectivity index (χ1n) is 11.8. The Labute approximate surface area is 228 Å². The van der Waals surface area contributed by atoms with E-state index >= 15 is 0 Å². The van der Waals surface area contributed by atoms with E-state index in [4.69, 9.17) is 23.2 Å². The molecule has 0 bridgehead atoms. The highest BCUT2D eigenvalue weighted by Gasteiger charge is 2.33. The third-order valence-electron chi connectivity index (χ3n) is 5.73. The molecule has 0 fully saturated rings. The quantitative estimate of drug-likeness (QED) is 0.351. The summed E-state index contributed by atoms with van der Waals surface area (Å²) in [4.78, 5) is 28.2. The molecule has 3 rings (SSSR count). The Morgan fingerprint density at radius 2 is 1.43 bits per heavy atom. The predicted molar refractivity (Wildman–Crippen MR) is 147 cm³/mol. The molecule has 7 nitrogen and oxygen atoms in total. The van der Waals surface area contributed by atoms with Crippen LogP contribution in [0.2, 0.25) is 10.0 Å². The average Bonchev–Trinajstić information content (AvgIpc) is 2.89. The molecule has 0 unspecified atom stereocenters. The largest absolute Gasteiger partial charge is 0.355 e. The van der Waals surface area contributed by atoms with Crippen molar-refractivity contribution in [2.24, 2.45) is 0 Å². The number of benzene rings is 3. The molecule has 0 aliphatic heterocycles. The van der Waals surface area contributed by atoms with Crippen molar-refractivity contribution in [1.82, 2.24) is 10.2 Å². The summed E-state index contributed by atoms with van der Waals surface area (Å²) in [6, 6.07) is 20.2. The predicted octanol–water partition coefficient (Wildman–Crippen LogP) is 5.13. The van der Waals surface area contributed by atoms with Gasteiger partial charge in [-0.1, -0.05) is 60.5 Å². The Balaban J connectivity index is 2.03. The van der Waals surface area contributed by atoms with Gasteiger partial charge in [-0.3, -0.25) is 13.9 Å². The van der Waals surface area contributed by atoms with E-state index in [1.807, 2.05) is 0 Å². The van der Waals surface area contributed by atoms with Crippen LogP contribution in [0, 0.1) is 0 Å². The maximum absolute atomic E-state index is 13.8. The van der Waals surface area contributed by atoms with Gasteiger partial charge in [0, 0.05) is 23.1 Å². The maximum Gasteiger partial charge on any atom is 0.264 e. The van der Waals surface area contributed by atoms with Gasteiger partial charge in [0.2, 0.25) is 11.8 Å². The highest BCUT2D eigenvalue weighted by Crippen LogP contribution is 2.26. The Hall–Kier alpha value is -3.07. The Morgan fingerprint density at radius 1 is 0.865 bits per heavy atom. The van der Waals surface area contributed by atoms with Crippen molar-refractivity contribution in [3.8, 4) is 0 Å². The van der Waals surface area contributed by atoms with E-state index in [2.05, 4.69) is 5.32 Å². The summed E-state index contributed by atoms with van der Waals surface area (Å²) >= 11 is 12.1. The first-order chi connectivity index (χ1) is 17.7. The SMILES string of the molecule is CCNC(=O)[C@@H](CC)N(Cc1ccc(Cl)cc1)C(=O)CN(c1ccc(Cl)cc1)S(=O)(=O)c1ccccc1. The molecule has 1 atom stereocenters. The monoisotopic (exact) mass is 561 g/mol. The molecule has 3 aromatic carbocycles. The topological polar surface area (TPSA) is 86.8 Å². The summed E-state index contributed by atoms with van der Waals surface area (Å²) in [5.74, 6) is -0.834. The number of carbonyl (C=O) groups is 2. The molecule has 0 heterocycles. The van der Waals surface area contributed by atoms with Gasteiger partial charge in [-0.15, -0.1) is 0 Å². The molecular weight excluding hydrogens is 533 g/mol. The maximum atomic E-state index is 13.8. The van der Waals surface area contributed by atoms with Crippen LogP contribution in [0.1, 0.15) is 25.8 Å². The normalized spacial score (nSPS) is 12.0. The van der Waals surface area contributed by atoms with E-state index in [1.54, 1.807) is 80.6 Å². The average molecular weight is 563 g/mol. The molecule has 37 heavy (non-hydrogen) atoms. The van der Waals surface area contributed by atoms with Crippen molar-refractivity contribution in [3.63, 3.8) is 0 Å². The van der Waals surface area contributed by atoms with Gasteiger partial charge in [0.1, 0.15) is 12.6 Å². The van der Waals surface area contributed by atoms with Gasteiger partial charge >= 0.3 is 0 Å². The molecule has 10 heteroatoms. The molecule has 0 aliphatic carbocycles. The lowest BCUT2D eigenvalue weighted by atomic mass is 10.1. The number of halogens is 2. The highest BCUT2D eigenvalue weighted by molar-refractivity contribution is 7.92. The number of hydrogen-bond donors (Lipinski definition) is 1. The summed E-state index contributed by atoms with van der Waals surface area (Å²) in [6.45, 7) is 3.59. The van der Waals surface area contributed by atoms with Gasteiger partial charge in [0.15, 0.2) is 0 Å². The number of hydrogen-bond acceptors (Lipinski definition) is 4. The van der Waals surface area contributed by atoms with E-state index in [0.29, 0.717) is 23.0 Å². The third kappa shape index (κ3) is 7.25. The molecule has 1 N–H and O–H groups in total. The molecule has 0 aromatic heterocycles. The highest BCUT2D eigenvalue weighted by atomic mass is 35.5. The van der Waals surface area contributed by atoms with Crippen LogP contribution < -0.4 is 9.62 Å². The van der Waals surface area contributed by atoms with Crippen LogP contribution in [0.15, 0.2) is 83.8 Å². The van der Waals surface area contributed by atoms with Gasteiger partial charge in [0.05, 0.1) is 10.6 Å². The van der Waals surface area contributed by atoms with E-state index in [0.717, 1.165) is 9.87 Å². The first-order valence-corrected chi connectivity index (χ1v) is 14.0. The second-order valence-corrected chi connectivity index (χ2v) is 11.0. The number of sulfonamides is 1. The lowest BCUT2D eigenvalue weighted by molar-refractivity contribution is -0.140. The minimum Gasteiger partial charge on any atom is -0.355 e. The van der Waals surface area contributed by atoms with Crippen LogP contribution in [0.3, 0.4) is 0 Å². The smallest absolute Gasteiger partial charge is 0.264 e. The van der Waals surface area contributed by atoms with Crippen LogP contribution in [-0.2, 0) is 26.2 Å². The van der Waals surface area contributed by atoms with E-state index < -0.39 is 28.5 Å². The Kier molecular flexibility index (Phi) is 9.97. The van der Waals surface area contributed by atoms with Crippen LogP contribution in [0.5, 0.6) is 0 Å². The molecule has 0 radical (unpaired) electrons. The van der Waals surface area contributed by atoms with E-state index in [9.17, 15) is 18.0 Å².